The molecule has 0 bridgehead atoms. The summed E-state index contributed by atoms with van der Waals surface area (Å²) in [6.45, 7) is 5.69. The van der Waals surface area contributed by atoms with Crippen LogP contribution in [0.1, 0.15) is 194 Å². The van der Waals surface area contributed by atoms with E-state index in [1.54, 1.807) is 0 Å². The molecule has 0 N–H and O–H groups in total. The molecule has 40 heavy (non-hydrogen) atoms. The number of unbranched alkanes of at least 4 members (excludes halogenated alkanes) is 18. The highest BCUT2D eigenvalue weighted by atomic mass is 16.3. The Balaban J connectivity index is 2.62. The maximum atomic E-state index is 10.3. The molecule has 1 aliphatic carbocycles. The van der Waals surface area contributed by atoms with Crippen LogP contribution in [-0.2, 0) is 0 Å². The summed E-state index contributed by atoms with van der Waals surface area (Å²) in [6.07, 6.45) is 38.2. The van der Waals surface area contributed by atoms with E-state index >= 15 is 0 Å². The van der Waals surface area contributed by atoms with Gasteiger partial charge in [0.15, 0.2) is 0 Å². The van der Waals surface area contributed by atoms with Crippen molar-refractivity contribution in [3.05, 3.63) is 9.81 Å². The number of rotatable bonds is 30. The van der Waals surface area contributed by atoms with Gasteiger partial charge in [-0.25, -0.2) is 0 Å². The van der Waals surface area contributed by atoms with E-state index in [9.17, 15) is 9.81 Å². The van der Waals surface area contributed by atoms with Gasteiger partial charge in [0.1, 0.15) is 0 Å². The lowest BCUT2D eigenvalue weighted by Gasteiger charge is -2.44. The Hall–Kier alpha value is -0.800. The third kappa shape index (κ3) is 19.3. The van der Waals surface area contributed by atoms with Gasteiger partial charge in [0, 0.05) is 0 Å². The predicted octanol–water partition coefficient (Wildman–Crippen LogP) is 13.0. The molecule has 0 heterocycles. The van der Waals surface area contributed by atoms with Crippen LogP contribution >= 0.6 is 0 Å². The summed E-state index contributed by atoms with van der Waals surface area (Å²) >= 11 is 0. The number of hydrogen-bond acceptors (Lipinski definition) is 4. The molecule has 1 rings (SSSR count). The van der Waals surface area contributed by atoms with E-state index in [-0.39, 0.29) is 0 Å². The van der Waals surface area contributed by atoms with Gasteiger partial charge in [0.05, 0.1) is 13.1 Å². The fourth-order valence-corrected chi connectivity index (χ4v) is 7.72. The zero-order chi connectivity index (χ0) is 28.9. The fourth-order valence-electron chi connectivity index (χ4n) is 7.72. The largest absolute Gasteiger partial charge is 0.151 e. The maximum absolute atomic E-state index is 10.3. The van der Waals surface area contributed by atoms with Gasteiger partial charge in [-0.3, -0.25) is 0 Å². The topological polar surface area (TPSA) is 58.9 Å². The van der Waals surface area contributed by atoms with Crippen molar-refractivity contribution in [2.24, 2.45) is 34.0 Å². The van der Waals surface area contributed by atoms with Crippen LogP contribution in [0.3, 0.4) is 0 Å². The second kappa shape index (κ2) is 28.3. The third-order valence-corrected chi connectivity index (χ3v) is 10.1. The lowest BCUT2D eigenvalue weighted by Crippen LogP contribution is -2.35. The average Bonchev–Trinajstić information content (AvgIpc) is 2.96. The second-order valence-electron chi connectivity index (χ2n) is 13.4. The summed E-state index contributed by atoms with van der Waals surface area (Å²) in [5.74, 6) is 3.92. The molecular weight excluding hydrogens is 492 g/mol. The molecule has 0 aromatic carbocycles. The fraction of sp³-hybridized carbons (Fsp3) is 1.00. The predicted molar refractivity (Wildman–Crippen MR) is 176 cm³/mol. The molecule has 4 unspecified atom stereocenters. The monoisotopic (exact) mass is 563 g/mol. The maximum Gasteiger partial charge on any atom is 0.0811 e. The van der Waals surface area contributed by atoms with E-state index in [0.29, 0.717) is 13.1 Å². The molecule has 0 aromatic rings. The van der Waals surface area contributed by atoms with E-state index in [4.69, 9.17) is 0 Å². The van der Waals surface area contributed by atoms with Crippen molar-refractivity contribution < 1.29 is 0 Å². The van der Waals surface area contributed by atoms with E-state index in [1.165, 1.54) is 167 Å². The molecule has 0 saturated heterocycles. The van der Waals surface area contributed by atoms with E-state index in [0.717, 1.165) is 36.5 Å². The first kappa shape index (κ1) is 37.2. The van der Waals surface area contributed by atoms with Crippen LogP contribution in [0.15, 0.2) is 10.4 Å². The van der Waals surface area contributed by atoms with Crippen LogP contribution in [0.25, 0.3) is 0 Å². The molecule has 236 valence electrons. The van der Waals surface area contributed by atoms with Crippen LogP contribution in [0.5, 0.6) is 0 Å². The van der Waals surface area contributed by atoms with Gasteiger partial charge in [-0.15, -0.1) is 0 Å². The first-order valence-corrected chi connectivity index (χ1v) is 18.4. The van der Waals surface area contributed by atoms with Gasteiger partial charge in [-0.05, 0) is 62.2 Å². The Morgan fingerprint density at radius 1 is 0.400 bits per heavy atom. The molecular formula is C36H70N2O2. The Morgan fingerprint density at radius 2 is 0.700 bits per heavy atom. The highest BCUT2D eigenvalue weighted by Gasteiger charge is 2.37. The molecule has 1 saturated carbocycles. The van der Waals surface area contributed by atoms with Crippen molar-refractivity contribution in [2.75, 3.05) is 13.1 Å². The summed E-state index contributed by atoms with van der Waals surface area (Å²) in [7, 11) is 0. The van der Waals surface area contributed by atoms with E-state index in [1.807, 2.05) is 0 Å². The van der Waals surface area contributed by atoms with Crippen molar-refractivity contribution in [3.8, 4) is 0 Å². The van der Waals surface area contributed by atoms with Crippen LogP contribution in [0.4, 0.5) is 0 Å². The molecule has 4 heteroatoms. The van der Waals surface area contributed by atoms with E-state index < -0.39 is 0 Å². The molecule has 1 aliphatic rings. The molecule has 0 radical (unpaired) electrons. The van der Waals surface area contributed by atoms with Gasteiger partial charge in [-0.2, -0.15) is 9.81 Å². The lowest BCUT2D eigenvalue weighted by atomic mass is 9.61. The molecule has 1 fully saturated rings. The summed E-state index contributed by atoms with van der Waals surface area (Å²) in [6, 6.07) is 0. The minimum atomic E-state index is 0.501. The third-order valence-electron chi connectivity index (χ3n) is 10.1. The summed E-state index contributed by atoms with van der Waals surface area (Å²) in [4.78, 5) is 20.5. The number of nitroso groups, excluding NO2 is 2. The summed E-state index contributed by atoms with van der Waals surface area (Å²) in [5, 5.41) is 5.99. The Bertz CT molecular complexity index is 555. The standard InChI is InChI=1S/C36H70N2O2/c1-3-5-7-14-21-27-35-33(25-19-6-4-2)29-30-34(26-20-15-10-8-12-17-23-31-37-39)36(35)28-22-16-11-9-13-18-24-32-38-40/h33-36H,3-32H2,1-2H3. The van der Waals surface area contributed by atoms with E-state index in [2.05, 4.69) is 24.2 Å². The minimum absolute atomic E-state index is 0.501. The van der Waals surface area contributed by atoms with Crippen LogP contribution in [0.2, 0.25) is 0 Å². The van der Waals surface area contributed by atoms with Gasteiger partial charge in [-0.1, -0.05) is 165 Å². The first-order valence-electron chi connectivity index (χ1n) is 18.4. The molecule has 0 spiro atoms. The Kier molecular flexibility index (Phi) is 26.4. The lowest BCUT2D eigenvalue weighted by molar-refractivity contribution is 0.0581. The normalized spacial score (nSPS) is 21.1. The van der Waals surface area contributed by atoms with Crippen molar-refractivity contribution in [1.29, 1.82) is 0 Å². The van der Waals surface area contributed by atoms with Gasteiger partial charge in [0.2, 0.25) is 0 Å². The minimum Gasteiger partial charge on any atom is -0.151 e. The highest BCUT2D eigenvalue weighted by Crippen LogP contribution is 2.47. The van der Waals surface area contributed by atoms with Gasteiger partial charge >= 0.3 is 0 Å². The first-order chi connectivity index (χ1) is 19.8. The number of hydrogen-bond donors (Lipinski definition) is 0. The molecule has 0 amide bonds. The Morgan fingerprint density at radius 3 is 1.10 bits per heavy atom. The molecule has 4 nitrogen and oxygen atoms in total. The van der Waals surface area contributed by atoms with Gasteiger partial charge < -0.3 is 0 Å². The zero-order valence-electron chi connectivity index (χ0n) is 27.2. The van der Waals surface area contributed by atoms with Crippen molar-refractivity contribution in [2.45, 2.75) is 194 Å². The number of nitrogens with zero attached hydrogens (tertiary/aromatic N) is 2. The quantitative estimate of drug-likeness (QED) is 0.0645. The molecule has 4 atom stereocenters. The summed E-state index contributed by atoms with van der Waals surface area (Å²) < 4.78 is 0. The average molecular weight is 563 g/mol. The van der Waals surface area contributed by atoms with Crippen LogP contribution in [0, 0.1) is 33.5 Å². The van der Waals surface area contributed by atoms with Crippen molar-refractivity contribution in [3.63, 3.8) is 0 Å². The zero-order valence-corrected chi connectivity index (χ0v) is 27.2. The molecule has 0 aliphatic heterocycles. The summed E-state index contributed by atoms with van der Waals surface area (Å²) in [5.41, 5.74) is 0. The highest BCUT2D eigenvalue weighted by molar-refractivity contribution is 4.88. The van der Waals surface area contributed by atoms with Crippen LogP contribution < -0.4 is 0 Å². The van der Waals surface area contributed by atoms with Crippen LogP contribution in [-0.4, -0.2) is 13.1 Å². The van der Waals surface area contributed by atoms with Gasteiger partial charge in [0.25, 0.3) is 0 Å². The molecule has 0 aromatic heterocycles. The van der Waals surface area contributed by atoms with Crippen molar-refractivity contribution >= 4 is 0 Å². The Labute approximate surface area is 250 Å². The SMILES string of the molecule is CCCCCCCC1C(CCCCC)CCC(CCCCCCCCCN=O)C1CCCCCCCCCN=O. The second-order valence-corrected chi connectivity index (χ2v) is 13.4. The van der Waals surface area contributed by atoms with Crippen molar-refractivity contribution in [1.82, 2.24) is 0 Å². The smallest absolute Gasteiger partial charge is 0.0811 e.